The van der Waals surface area contributed by atoms with Crippen molar-refractivity contribution in [3.05, 3.63) is 29.3 Å². The number of fused-ring (bicyclic) bond motifs is 1. The molecule has 18 heavy (non-hydrogen) atoms. The highest BCUT2D eigenvalue weighted by molar-refractivity contribution is 5.71. The van der Waals surface area contributed by atoms with Gasteiger partial charge in [-0.2, -0.15) is 13.2 Å². The molecule has 1 heterocycles. The summed E-state index contributed by atoms with van der Waals surface area (Å²) in [4.78, 5) is 11.1. The average molecular weight is 260 g/mol. The zero-order chi connectivity index (χ0) is 13.3. The van der Waals surface area contributed by atoms with Crippen molar-refractivity contribution in [3.63, 3.8) is 0 Å². The number of methoxy groups -OCH3 is 1. The first-order chi connectivity index (χ1) is 8.41. The Hall–Kier alpha value is -1.72. The molecule has 0 fully saturated rings. The van der Waals surface area contributed by atoms with E-state index in [4.69, 9.17) is 4.74 Å². The number of esters is 1. The molecule has 1 unspecified atom stereocenters. The second-order valence-electron chi connectivity index (χ2n) is 4.04. The van der Waals surface area contributed by atoms with Crippen molar-refractivity contribution in [1.29, 1.82) is 0 Å². The molecule has 0 amide bonds. The maximum atomic E-state index is 12.5. The number of hydrogen-bond acceptors (Lipinski definition) is 3. The van der Waals surface area contributed by atoms with Crippen molar-refractivity contribution in [2.24, 2.45) is 0 Å². The highest BCUT2D eigenvalue weighted by Gasteiger charge is 2.34. The smallest absolute Gasteiger partial charge is 0.416 e. The lowest BCUT2D eigenvalue weighted by atomic mass is 9.97. The maximum Gasteiger partial charge on any atom is 0.416 e. The molecule has 6 heteroatoms. The van der Waals surface area contributed by atoms with Crippen LogP contribution in [0.2, 0.25) is 0 Å². The number of ether oxygens (including phenoxy) is 2. The van der Waals surface area contributed by atoms with Crippen LogP contribution in [0.25, 0.3) is 0 Å². The zero-order valence-corrected chi connectivity index (χ0v) is 9.58. The molecule has 0 saturated carbocycles. The first-order valence-electron chi connectivity index (χ1n) is 5.32. The summed E-state index contributed by atoms with van der Waals surface area (Å²) in [5.41, 5.74) is -0.131. The van der Waals surface area contributed by atoms with Gasteiger partial charge in [0.25, 0.3) is 0 Å². The lowest BCUT2D eigenvalue weighted by Gasteiger charge is -2.09. The van der Waals surface area contributed by atoms with Crippen LogP contribution >= 0.6 is 0 Å². The second-order valence-corrected chi connectivity index (χ2v) is 4.04. The number of rotatable bonds is 2. The van der Waals surface area contributed by atoms with E-state index in [1.165, 1.54) is 13.2 Å². The summed E-state index contributed by atoms with van der Waals surface area (Å²) in [7, 11) is 1.27. The molecule has 1 aliphatic rings. The Balaban J connectivity index is 2.23. The van der Waals surface area contributed by atoms with Gasteiger partial charge >= 0.3 is 12.1 Å². The predicted molar refractivity (Wildman–Crippen MR) is 56.3 cm³/mol. The average Bonchev–Trinajstić information content (AvgIpc) is 2.70. The number of alkyl halides is 3. The van der Waals surface area contributed by atoms with Crippen LogP contribution in [-0.2, 0) is 15.7 Å². The molecule has 1 aromatic carbocycles. The zero-order valence-electron chi connectivity index (χ0n) is 9.58. The number of hydrogen-bond donors (Lipinski definition) is 0. The van der Waals surface area contributed by atoms with Crippen LogP contribution in [0.3, 0.4) is 0 Å². The van der Waals surface area contributed by atoms with Crippen molar-refractivity contribution in [1.82, 2.24) is 0 Å². The van der Waals surface area contributed by atoms with Crippen molar-refractivity contribution in [3.8, 4) is 5.75 Å². The van der Waals surface area contributed by atoms with Gasteiger partial charge in [0.05, 0.1) is 25.7 Å². The standard InChI is InChI=1S/C12H11F3O3/c1-17-11(16)4-7-6-18-10-5-8(12(13,14)15)2-3-9(7)10/h2-3,5,7H,4,6H2,1H3. The normalized spacial score (nSPS) is 18.1. The molecule has 1 aliphatic heterocycles. The van der Waals surface area contributed by atoms with E-state index in [0.29, 0.717) is 5.56 Å². The van der Waals surface area contributed by atoms with E-state index >= 15 is 0 Å². The monoisotopic (exact) mass is 260 g/mol. The van der Waals surface area contributed by atoms with Gasteiger partial charge in [-0.1, -0.05) is 6.07 Å². The van der Waals surface area contributed by atoms with Gasteiger partial charge in [-0.05, 0) is 12.1 Å². The summed E-state index contributed by atoms with van der Waals surface area (Å²) in [6, 6.07) is 3.32. The first kappa shape index (κ1) is 12.7. The molecule has 0 aromatic heterocycles. The molecule has 0 spiro atoms. The number of carbonyl (C=O) groups excluding carboxylic acids is 1. The van der Waals surface area contributed by atoms with Gasteiger partial charge in [0.1, 0.15) is 5.75 Å². The van der Waals surface area contributed by atoms with Crippen LogP contribution in [-0.4, -0.2) is 19.7 Å². The number of carbonyl (C=O) groups is 1. The molecule has 2 rings (SSSR count). The van der Waals surface area contributed by atoms with E-state index in [9.17, 15) is 18.0 Å². The third-order valence-corrected chi connectivity index (χ3v) is 2.86. The van der Waals surface area contributed by atoms with Crippen molar-refractivity contribution < 1.29 is 27.4 Å². The Kier molecular flexibility index (Phi) is 3.19. The van der Waals surface area contributed by atoms with Crippen LogP contribution < -0.4 is 4.74 Å². The Labute approximate surface area is 102 Å². The highest BCUT2D eigenvalue weighted by atomic mass is 19.4. The van der Waals surface area contributed by atoms with Crippen LogP contribution in [0.4, 0.5) is 13.2 Å². The van der Waals surface area contributed by atoms with Crippen LogP contribution in [0.5, 0.6) is 5.75 Å². The van der Waals surface area contributed by atoms with Crippen molar-refractivity contribution >= 4 is 5.97 Å². The summed E-state index contributed by atoms with van der Waals surface area (Å²) in [5.74, 6) is -0.454. The van der Waals surface area contributed by atoms with Gasteiger partial charge in [0, 0.05) is 11.5 Å². The van der Waals surface area contributed by atoms with Crippen LogP contribution in [0.15, 0.2) is 18.2 Å². The summed E-state index contributed by atoms with van der Waals surface area (Å²) in [6.45, 7) is 0.200. The summed E-state index contributed by atoms with van der Waals surface area (Å²) >= 11 is 0. The molecule has 1 atom stereocenters. The Bertz CT molecular complexity index is 468. The molecule has 3 nitrogen and oxygen atoms in total. The Morgan fingerprint density at radius 2 is 2.22 bits per heavy atom. The minimum Gasteiger partial charge on any atom is -0.493 e. The minimum absolute atomic E-state index is 0.106. The van der Waals surface area contributed by atoms with Gasteiger partial charge in [0.2, 0.25) is 0 Å². The largest absolute Gasteiger partial charge is 0.493 e. The molecular weight excluding hydrogens is 249 g/mol. The summed E-state index contributed by atoms with van der Waals surface area (Å²) < 4.78 is 47.2. The van der Waals surface area contributed by atoms with E-state index in [-0.39, 0.29) is 24.7 Å². The van der Waals surface area contributed by atoms with Gasteiger partial charge in [-0.15, -0.1) is 0 Å². The summed E-state index contributed by atoms with van der Waals surface area (Å²) in [6.07, 6.45) is -4.28. The third-order valence-electron chi connectivity index (χ3n) is 2.86. The molecule has 1 aromatic rings. The van der Waals surface area contributed by atoms with E-state index in [2.05, 4.69) is 4.74 Å². The van der Waals surface area contributed by atoms with Gasteiger partial charge in [-0.25, -0.2) is 0 Å². The summed E-state index contributed by atoms with van der Waals surface area (Å²) in [5, 5.41) is 0. The third kappa shape index (κ3) is 2.42. The van der Waals surface area contributed by atoms with Gasteiger partial charge in [0.15, 0.2) is 0 Å². The van der Waals surface area contributed by atoms with E-state index in [1.54, 1.807) is 0 Å². The van der Waals surface area contributed by atoms with Gasteiger partial charge in [-0.3, -0.25) is 4.79 Å². The lowest BCUT2D eigenvalue weighted by Crippen LogP contribution is -2.09. The van der Waals surface area contributed by atoms with Crippen molar-refractivity contribution in [2.75, 3.05) is 13.7 Å². The molecule has 0 saturated heterocycles. The fraction of sp³-hybridized carbons (Fsp3) is 0.417. The predicted octanol–water partition coefficient (Wildman–Crippen LogP) is 2.74. The number of benzene rings is 1. The molecule has 0 bridgehead atoms. The van der Waals surface area contributed by atoms with Gasteiger partial charge < -0.3 is 9.47 Å². The fourth-order valence-corrected chi connectivity index (χ4v) is 1.91. The molecule has 0 N–H and O–H groups in total. The van der Waals surface area contributed by atoms with Crippen LogP contribution in [0, 0.1) is 0 Å². The Morgan fingerprint density at radius 1 is 1.50 bits per heavy atom. The van der Waals surface area contributed by atoms with E-state index in [0.717, 1.165) is 12.1 Å². The molecule has 98 valence electrons. The first-order valence-corrected chi connectivity index (χ1v) is 5.32. The number of halogens is 3. The minimum atomic E-state index is -4.39. The second kappa shape index (κ2) is 4.51. The SMILES string of the molecule is COC(=O)CC1COc2cc(C(F)(F)F)ccc21. The lowest BCUT2D eigenvalue weighted by molar-refractivity contribution is -0.141. The quantitative estimate of drug-likeness (QED) is 0.767. The topological polar surface area (TPSA) is 35.5 Å². The van der Waals surface area contributed by atoms with E-state index < -0.39 is 17.7 Å². The highest BCUT2D eigenvalue weighted by Crippen LogP contribution is 2.40. The van der Waals surface area contributed by atoms with Crippen molar-refractivity contribution in [2.45, 2.75) is 18.5 Å². The Morgan fingerprint density at radius 3 is 2.83 bits per heavy atom. The molecule has 0 aliphatic carbocycles. The fourth-order valence-electron chi connectivity index (χ4n) is 1.91. The van der Waals surface area contributed by atoms with Crippen LogP contribution in [0.1, 0.15) is 23.5 Å². The molecular formula is C12H11F3O3. The van der Waals surface area contributed by atoms with E-state index in [1.807, 2.05) is 0 Å². The molecule has 0 radical (unpaired) electrons. The maximum absolute atomic E-state index is 12.5.